The molecule has 124 valence electrons. The summed E-state index contributed by atoms with van der Waals surface area (Å²) in [5.41, 5.74) is 1.20. The van der Waals surface area contributed by atoms with Crippen molar-refractivity contribution in [2.24, 2.45) is 4.99 Å². The predicted molar refractivity (Wildman–Crippen MR) is 93.7 cm³/mol. The normalized spacial score (nSPS) is 11.5. The summed E-state index contributed by atoms with van der Waals surface area (Å²) in [7, 11) is 0. The number of aliphatic imine (C=N–C) groups is 1. The van der Waals surface area contributed by atoms with Crippen molar-refractivity contribution in [1.29, 1.82) is 0 Å². The maximum atomic E-state index is 6.00. The smallest absolute Gasteiger partial charge is 0.191 e. The van der Waals surface area contributed by atoms with Crippen molar-refractivity contribution < 1.29 is 0 Å². The van der Waals surface area contributed by atoms with Gasteiger partial charge in [-0.2, -0.15) is 0 Å². The highest BCUT2D eigenvalue weighted by Crippen LogP contribution is 2.10. The Balaban J connectivity index is 1.89. The zero-order chi connectivity index (χ0) is 16.5. The van der Waals surface area contributed by atoms with Gasteiger partial charge in [-0.15, -0.1) is 10.2 Å². The maximum absolute atomic E-state index is 6.00. The van der Waals surface area contributed by atoms with E-state index in [0.717, 1.165) is 42.9 Å². The van der Waals surface area contributed by atoms with E-state index < -0.39 is 0 Å². The van der Waals surface area contributed by atoms with Crippen LogP contribution in [0.5, 0.6) is 0 Å². The first kappa shape index (κ1) is 17.3. The number of aryl methyl sites for hydroxylation is 1. The van der Waals surface area contributed by atoms with Crippen LogP contribution in [0.15, 0.2) is 35.6 Å². The summed E-state index contributed by atoms with van der Waals surface area (Å²) in [4.78, 5) is 4.56. The Hall–Kier alpha value is -2.08. The molecular formula is C16H23ClN6. The van der Waals surface area contributed by atoms with E-state index in [1.54, 1.807) is 6.33 Å². The molecule has 0 fully saturated rings. The van der Waals surface area contributed by atoms with E-state index in [9.17, 15) is 0 Å². The minimum Gasteiger partial charge on any atom is -0.357 e. The first-order valence-electron chi connectivity index (χ1n) is 7.86. The van der Waals surface area contributed by atoms with Gasteiger partial charge < -0.3 is 15.2 Å². The minimum atomic E-state index is 0.500. The van der Waals surface area contributed by atoms with Crippen LogP contribution in [0, 0.1) is 0 Å². The third kappa shape index (κ3) is 5.56. The van der Waals surface area contributed by atoms with E-state index in [1.807, 2.05) is 29.7 Å². The third-order valence-electron chi connectivity index (χ3n) is 3.35. The van der Waals surface area contributed by atoms with E-state index in [2.05, 4.69) is 38.8 Å². The Morgan fingerprint density at radius 2 is 2.17 bits per heavy atom. The molecule has 0 unspecified atom stereocenters. The molecule has 7 heteroatoms. The van der Waals surface area contributed by atoms with Gasteiger partial charge in [-0.1, -0.05) is 23.7 Å². The second-order valence-corrected chi connectivity index (χ2v) is 5.47. The molecule has 2 rings (SSSR count). The number of guanidine groups is 1. The Morgan fingerprint density at radius 3 is 2.91 bits per heavy atom. The summed E-state index contributed by atoms with van der Waals surface area (Å²) in [5, 5.41) is 15.3. The summed E-state index contributed by atoms with van der Waals surface area (Å²) < 4.78 is 1.99. The average Bonchev–Trinajstić information content (AvgIpc) is 3.00. The number of rotatable bonds is 7. The van der Waals surface area contributed by atoms with E-state index in [4.69, 9.17) is 11.6 Å². The fourth-order valence-electron chi connectivity index (χ4n) is 2.17. The molecule has 0 aliphatic heterocycles. The topological polar surface area (TPSA) is 67.1 Å². The number of aromatic nitrogens is 3. The SMILES string of the molecule is CCNC(=NCc1nncn1CC)NCCc1cccc(Cl)c1. The van der Waals surface area contributed by atoms with Gasteiger partial charge in [0.2, 0.25) is 0 Å². The fraction of sp³-hybridized carbons (Fsp3) is 0.438. The number of nitrogens with one attached hydrogen (secondary N) is 2. The van der Waals surface area contributed by atoms with Crippen LogP contribution in [0.1, 0.15) is 25.2 Å². The van der Waals surface area contributed by atoms with Crippen molar-refractivity contribution in [3.63, 3.8) is 0 Å². The van der Waals surface area contributed by atoms with Crippen LogP contribution in [0.4, 0.5) is 0 Å². The lowest BCUT2D eigenvalue weighted by Gasteiger charge is -2.11. The zero-order valence-electron chi connectivity index (χ0n) is 13.6. The average molecular weight is 335 g/mol. The predicted octanol–water partition coefficient (Wildman–Crippen LogP) is 2.25. The molecule has 0 saturated heterocycles. The van der Waals surface area contributed by atoms with Crippen LogP contribution >= 0.6 is 11.6 Å². The lowest BCUT2D eigenvalue weighted by molar-refractivity contribution is 0.693. The van der Waals surface area contributed by atoms with Gasteiger partial charge in [0, 0.05) is 24.7 Å². The molecule has 0 spiro atoms. The van der Waals surface area contributed by atoms with Gasteiger partial charge in [0.1, 0.15) is 12.9 Å². The van der Waals surface area contributed by atoms with Gasteiger partial charge in [-0.25, -0.2) is 4.99 Å². The van der Waals surface area contributed by atoms with E-state index in [1.165, 1.54) is 5.56 Å². The van der Waals surface area contributed by atoms with Crippen molar-refractivity contribution >= 4 is 17.6 Å². The maximum Gasteiger partial charge on any atom is 0.191 e. The first-order chi connectivity index (χ1) is 11.2. The van der Waals surface area contributed by atoms with Gasteiger partial charge in [-0.3, -0.25) is 0 Å². The van der Waals surface area contributed by atoms with Crippen molar-refractivity contribution in [1.82, 2.24) is 25.4 Å². The second kappa shape index (κ2) is 9.15. The lowest BCUT2D eigenvalue weighted by Crippen LogP contribution is -2.38. The Morgan fingerprint density at radius 1 is 1.30 bits per heavy atom. The summed E-state index contributed by atoms with van der Waals surface area (Å²) in [5.74, 6) is 1.64. The molecular weight excluding hydrogens is 312 g/mol. The van der Waals surface area contributed by atoms with Crippen LogP contribution in [-0.2, 0) is 19.5 Å². The molecule has 0 amide bonds. The number of halogens is 1. The molecule has 1 heterocycles. The molecule has 0 aliphatic carbocycles. The molecule has 1 aromatic carbocycles. The molecule has 2 N–H and O–H groups in total. The van der Waals surface area contributed by atoms with Gasteiger partial charge in [0.25, 0.3) is 0 Å². The van der Waals surface area contributed by atoms with Crippen LogP contribution < -0.4 is 10.6 Å². The third-order valence-corrected chi connectivity index (χ3v) is 3.59. The second-order valence-electron chi connectivity index (χ2n) is 5.04. The quantitative estimate of drug-likeness (QED) is 0.602. The number of nitrogens with zero attached hydrogens (tertiary/aromatic N) is 4. The minimum absolute atomic E-state index is 0.500. The summed E-state index contributed by atoms with van der Waals surface area (Å²) in [6, 6.07) is 7.90. The molecule has 0 saturated carbocycles. The largest absolute Gasteiger partial charge is 0.357 e. The van der Waals surface area contributed by atoms with Crippen molar-refractivity contribution in [3.8, 4) is 0 Å². The molecule has 2 aromatic rings. The van der Waals surface area contributed by atoms with E-state index in [0.29, 0.717) is 6.54 Å². The molecule has 0 aliphatic rings. The Bertz CT molecular complexity index is 637. The number of hydrogen-bond acceptors (Lipinski definition) is 3. The highest BCUT2D eigenvalue weighted by molar-refractivity contribution is 6.30. The van der Waals surface area contributed by atoms with E-state index >= 15 is 0 Å². The molecule has 6 nitrogen and oxygen atoms in total. The zero-order valence-corrected chi connectivity index (χ0v) is 14.3. The molecule has 0 radical (unpaired) electrons. The Kier molecular flexibility index (Phi) is 6.87. The van der Waals surface area contributed by atoms with Gasteiger partial charge in [0.15, 0.2) is 11.8 Å². The molecule has 1 aromatic heterocycles. The molecule has 0 atom stereocenters. The van der Waals surface area contributed by atoms with Crippen LogP contribution in [0.3, 0.4) is 0 Å². The lowest BCUT2D eigenvalue weighted by atomic mass is 10.1. The number of hydrogen-bond donors (Lipinski definition) is 2. The molecule has 23 heavy (non-hydrogen) atoms. The van der Waals surface area contributed by atoms with Crippen LogP contribution in [-0.4, -0.2) is 33.8 Å². The van der Waals surface area contributed by atoms with E-state index in [-0.39, 0.29) is 0 Å². The van der Waals surface area contributed by atoms with Crippen molar-refractivity contribution in [3.05, 3.63) is 47.0 Å². The van der Waals surface area contributed by atoms with Crippen LogP contribution in [0.2, 0.25) is 5.02 Å². The standard InChI is InChI=1S/C16H23ClN6/c1-3-18-16(20-11-15-22-21-12-23(15)4-2)19-9-8-13-6-5-7-14(17)10-13/h5-7,10,12H,3-4,8-9,11H2,1-2H3,(H2,18,19,20). The summed E-state index contributed by atoms with van der Waals surface area (Å²) in [6.07, 6.45) is 2.61. The summed E-state index contributed by atoms with van der Waals surface area (Å²) >= 11 is 6.00. The number of benzene rings is 1. The fourth-order valence-corrected chi connectivity index (χ4v) is 2.39. The van der Waals surface area contributed by atoms with Gasteiger partial charge in [0.05, 0.1) is 0 Å². The van der Waals surface area contributed by atoms with Gasteiger partial charge in [-0.05, 0) is 38.0 Å². The highest BCUT2D eigenvalue weighted by atomic mass is 35.5. The van der Waals surface area contributed by atoms with Crippen LogP contribution in [0.25, 0.3) is 0 Å². The van der Waals surface area contributed by atoms with Gasteiger partial charge >= 0.3 is 0 Å². The van der Waals surface area contributed by atoms with Crippen molar-refractivity contribution in [2.75, 3.05) is 13.1 Å². The van der Waals surface area contributed by atoms with Crippen molar-refractivity contribution in [2.45, 2.75) is 33.4 Å². The Labute approximate surface area is 142 Å². The monoisotopic (exact) mass is 334 g/mol. The molecule has 0 bridgehead atoms. The highest BCUT2D eigenvalue weighted by Gasteiger charge is 2.03. The first-order valence-corrected chi connectivity index (χ1v) is 8.24. The summed E-state index contributed by atoms with van der Waals surface area (Å²) in [6.45, 7) is 7.04.